The molecule has 15 heavy (non-hydrogen) atoms. The Balaban J connectivity index is 4.03. The zero-order valence-corrected chi connectivity index (χ0v) is 10.2. The lowest BCUT2D eigenvalue weighted by molar-refractivity contribution is -0.305. The number of carbonyl (C=O) groups is 1. The van der Waals surface area contributed by atoms with Crippen LogP contribution in [0.5, 0.6) is 0 Å². The first-order valence-electron chi connectivity index (χ1n) is 4.82. The molecule has 0 aromatic heterocycles. The topological polar surface area (TPSA) is 54.0 Å². The largest absolute Gasteiger partial charge is 0.434 e. The smallest absolute Gasteiger partial charge is 0.305 e. The lowest BCUT2D eigenvalue weighted by atomic mass is 10.4. The molecule has 0 aliphatic carbocycles. The highest BCUT2D eigenvalue weighted by molar-refractivity contribution is 5.66. The van der Waals surface area contributed by atoms with Gasteiger partial charge in [-0.25, -0.2) is 0 Å². The molecule has 5 nitrogen and oxygen atoms in total. The van der Waals surface area contributed by atoms with Gasteiger partial charge in [0, 0.05) is 27.9 Å². The minimum atomic E-state index is -1.00. The Labute approximate surface area is 90.6 Å². The van der Waals surface area contributed by atoms with E-state index in [2.05, 4.69) is 0 Å². The van der Waals surface area contributed by atoms with Crippen LogP contribution >= 0.6 is 0 Å². The first-order chi connectivity index (χ1) is 6.76. The lowest BCUT2D eigenvalue weighted by Gasteiger charge is -2.29. The molecule has 0 heterocycles. The molecule has 0 aliphatic heterocycles. The van der Waals surface area contributed by atoms with Crippen LogP contribution in [0.1, 0.15) is 34.6 Å². The van der Waals surface area contributed by atoms with Crippen molar-refractivity contribution in [1.82, 2.24) is 0 Å². The fourth-order valence-corrected chi connectivity index (χ4v) is 1.12. The predicted molar refractivity (Wildman–Crippen MR) is 53.9 cm³/mol. The van der Waals surface area contributed by atoms with Gasteiger partial charge in [0.05, 0.1) is 0 Å². The van der Waals surface area contributed by atoms with E-state index in [-0.39, 0.29) is 6.29 Å². The number of esters is 1. The summed E-state index contributed by atoms with van der Waals surface area (Å²) in [7, 11) is 1.54. The minimum Gasteiger partial charge on any atom is -0.434 e. The van der Waals surface area contributed by atoms with Gasteiger partial charge in [-0.15, -0.1) is 0 Å². The lowest BCUT2D eigenvalue weighted by Crippen LogP contribution is -2.36. The van der Waals surface area contributed by atoms with Crippen LogP contribution in [0.4, 0.5) is 0 Å². The first-order valence-corrected chi connectivity index (χ1v) is 4.82. The number of ether oxygens (including phenoxy) is 4. The Hall–Kier alpha value is -0.650. The van der Waals surface area contributed by atoms with E-state index in [9.17, 15) is 4.79 Å². The summed E-state index contributed by atoms with van der Waals surface area (Å²) in [5.74, 6) is -1.40. The third-order valence-electron chi connectivity index (χ3n) is 1.55. The van der Waals surface area contributed by atoms with Gasteiger partial charge in [0.15, 0.2) is 12.6 Å². The number of hydrogen-bond donors (Lipinski definition) is 0. The Kier molecular flexibility index (Phi) is 5.79. The van der Waals surface area contributed by atoms with E-state index in [0.29, 0.717) is 0 Å². The average Bonchev–Trinajstić information content (AvgIpc) is 1.99. The maximum absolute atomic E-state index is 10.8. The molecular weight excluding hydrogens is 200 g/mol. The maximum Gasteiger partial charge on any atom is 0.305 e. The van der Waals surface area contributed by atoms with Crippen molar-refractivity contribution in [3.8, 4) is 0 Å². The van der Waals surface area contributed by atoms with Gasteiger partial charge in [-0.1, -0.05) is 0 Å². The highest BCUT2D eigenvalue weighted by Gasteiger charge is 2.25. The van der Waals surface area contributed by atoms with Gasteiger partial charge in [-0.05, 0) is 13.8 Å². The van der Waals surface area contributed by atoms with Crippen molar-refractivity contribution in [2.24, 2.45) is 0 Å². The fraction of sp³-hybridized carbons (Fsp3) is 0.900. The summed E-state index contributed by atoms with van der Waals surface area (Å²) in [6, 6.07) is 0. The van der Waals surface area contributed by atoms with Crippen LogP contribution in [-0.4, -0.2) is 31.4 Å². The molecular formula is C10H20O5. The van der Waals surface area contributed by atoms with Crippen molar-refractivity contribution in [2.45, 2.75) is 53.0 Å². The SMILES string of the molecule is COC(C)OC(C)OC(C)(C)OC(C)=O. The number of methoxy groups -OCH3 is 1. The van der Waals surface area contributed by atoms with Crippen molar-refractivity contribution in [3.63, 3.8) is 0 Å². The van der Waals surface area contributed by atoms with E-state index in [1.807, 2.05) is 0 Å². The molecule has 0 saturated carbocycles. The van der Waals surface area contributed by atoms with Gasteiger partial charge in [0.2, 0.25) is 5.79 Å². The van der Waals surface area contributed by atoms with Crippen LogP contribution in [0.15, 0.2) is 0 Å². The molecule has 0 amide bonds. The summed E-state index contributed by atoms with van der Waals surface area (Å²) in [4.78, 5) is 10.8. The quantitative estimate of drug-likeness (QED) is 0.503. The van der Waals surface area contributed by atoms with Gasteiger partial charge in [-0.3, -0.25) is 4.79 Å². The van der Waals surface area contributed by atoms with Crippen LogP contribution in [0.3, 0.4) is 0 Å². The highest BCUT2D eigenvalue weighted by Crippen LogP contribution is 2.15. The second-order valence-corrected chi connectivity index (χ2v) is 3.62. The molecule has 0 fully saturated rings. The standard InChI is InChI=1S/C10H20O5/c1-7(11)14-10(4,5)15-9(3)13-8(2)12-6/h8-9H,1-6H3. The zero-order chi connectivity index (χ0) is 12.1. The van der Waals surface area contributed by atoms with Gasteiger partial charge in [0.25, 0.3) is 0 Å². The van der Waals surface area contributed by atoms with Crippen LogP contribution < -0.4 is 0 Å². The number of rotatable bonds is 6. The Morgan fingerprint density at radius 2 is 1.73 bits per heavy atom. The van der Waals surface area contributed by atoms with E-state index >= 15 is 0 Å². The molecule has 0 bridgehead atoms. The number of carbonyl (C=O) groups excluding carboxylic acids is 1. The molecule has 2 atom stereocenters. The first kappa shape index (κ1) is 14.3. The second kappa shape index (κ2) is 6.05. The fourth-order valence-electron chi connectivity index (χ4n) is 1.12. The highest BCUT2D eigenvalue weighted by atomic mass is 16.8. The number of hydrogen-bond acceptors (Lipinski definition) is 5. The molecule has 90 valence electrons. The molecule has 0 aliphatic rings. The van der Waals surface area contributed by atoms with Gasteiger partial charge in [-0.2, -0.15) is 0 Å². The molecule has 0 N–H and O–H groups in total. The Bertz CT molecular complexity index is 202. The van der Waals surface area contributed by atoms with E-state index in [0.717, 1.165) is 0 Å². The summed E-state index contributed by atoms with van der Waals surface area (Å²) in [5, 5.41) is 0. The minimum absolute atomic E-state index is 0.367. The van der Waals surface area contributed by atoms with Gasteiger partial charge >= 0.3 is 5.97 Å². The molecule has 0 saturated heterocycles. The molecule has 5 heteroatoms. The van der Waals surface area contributed by atoms with E-state index in [1.165, 1.54) is 14.0 Å². The maximum atomic E-state index is 10.8. The molecule has 0 spiro atoms. The second-order valence-electron chi connectivity index (χ2n) is 3.62. The van der Waals surface area contributed by atoms with Crippen LogP contribution in [0.2, 0.25) is 0 Å². The third-order valence-corrected chi connectivity index (χ3v) is 1.55. The Morgan fingerprint density at radius 1 is 1.20 bits per heavy atom. The summed E-state index contributed by atoms with van der Waals surface area (Å²) in [5.41, 5.74) is 0. The summed E-state index contributed by atoms with van der Waals surface area (Å²) in [6.07, 6.45) is -0.887. The summed E-state index contributed by atoms with van der Waals surface area (Å²) in [6.45, 7) is 8.07. The van der Waals surface area contributed by atoms with E-state index in [1.54, 1.807) is 27.7 Å². The molecule has 2 unspecified atom stereocenters. The van der Waals surface area contributed by atoms with Crippen molar-refractivity contribution < 1.29 is 23.7 Å². The average molecular weight is 220 g/mol. The van der Waals surface area contributed by atoms with Gasteiger partial charge < -0.3 is 18.9 Å². The van der Waals surface area contributed by atoms with Crippen molar-refractivity contribution >= 4 is 5.97 Å². The molecule has 0 radical (unpaired) electrons. The zero-order valence-electron chi connectivity index (χ0n) is 10.2. The van der Waals surface area contributed by atoms with Crippen LogP contribution in [0.25, 0.3) is 0 Å². The third kappa shape index (κ3) is 7.30. The summed E-state index contributed by atoms with van der Waals surface area (Å²) >= 11 is 0. The molecule has 0 rings (SSSR count). The van der Waals surface area contributed by atoms with E-state index in [4.69, 9.17) is 18.9 Å². The Morgan fingerprint density at radius 3 is 2.13 bits per heavy atom. The van der Waals surface area contributed by atoms with Crippen molar-refractivity contribution in [2.75, 3.05) is 7.11 Å². The predicted octanol–water partition coefficient (Wildman–Crippen LogP) is 1.66. The van der Waals surface area contributed by atoms with Crippen LogP contribution in [0, 0.1) is 0 Å². The normalized spacial score (nSPS) is 15.9. The van der Waals surface area contributed by atoms with E-state index < -0.39 is 18.0 Å². The summed E-state index contributed by atoms with van der Waals surface area (Å²) < 4.78 is 20.5. The monoisotopic (exact) mass is 220 g/mol. The van der Waals surface area contributed by atoms with Crippen molar-refractivity contribution in [1.29, 1.82) is 0 Å². The van der Waals surface area contributed by atoms with Gasteiger partial charge in [0.1, 0.15) is 0 Å². The van der Waals surface area contributed by atoms with Crippen LogP contribution in [-0.2, 0) is 23.7 Å². The molecule has 0 aromatic carbocycles. The molecule has 0 aromatic rings. The van der Waals surface area contributed by atoms with Crippen molar-refractivity contribution in [3.05, 3.63) is 0 Å².